The Morgan fingerprint density at radius 1 is 1.35 bits per heavy atom. The maximum atomic E-state index is 11.8. The summed E-state index contributed by atoms with van der Waals surface area (Å²) < 4.78 is 0. The van der Waals surface area contributed by atoms with Gasteiger partial charge in [0, 0.05) is 12.6 Å². The molecule has 2 amide bonds. The standard InChI is InChI=1S/C10H18N2O5/c13-5-4-12(7-2-1-3-7)10(17)11-8(6-14)9(15)16/h7-8,13-14H,1-6H2,(H,11,17)(H,15,16). The van der Waals surface area contributed by atoms with Crippen LogP contribution in [-0.4, -0.2) is 64.1 Å². The number of nitrogens with one attached hydrogen (secondary N) is 1. The van der Waals surface area contributed by atoms with Gasteiger partial charge in [-0.1, -0.05) is 0 Å². The molecule has 1 unspecified atom stereocenters. The number of hydrogen-bond donors (Lipinski definition) is 4. The van der Waals surface area contributed by atoms with E-state index in [-0.39, 0.29) is 19.2 Å². The van der Waals surface area contributed by atoms with Gasteiger partial charge in [0.05, 0.1) is 13.2 Å². The summed E-state index contributed by atoms with van der Waals surface area (Å²) in [5, 5.41) is 28.6. The van der Waals surface area contributed by atoms with E-state index in [1.54, 1.807) is 0 Å². The van der Waals surface area contributed by atoms with Gasteiger partial charge in [-0.2, -0.15) is 0 Å². The third-order valence-electron chi connectivity index (χ3n) is 2.90. The van der Waals surface area contributed by atoms with Gasteiger partial charge in [-0.25, -0.2) is 9.59 Å². The third-order valence-corrected chi connectivity index (χ3v) is 2.90. The van der Waals surface area contributed by atoms with Crippen LogP contribution in [0.15, 0.2) is 0 Å². The zero-order valence-corrected chi connectivity index (χ0v) is 9.50. The van der Waals surface area contributed by atoms with Crippen molar-refractivity contribution in [2.24, 2.45) is 0 Å². The second-order valence-corrected chi connectivity index (χ2v) is 4.02. The molecule has 0 aliphatic heterocycles. The van der Waals surface area contributed by atoms with Gasteiger partial charge in [-0.15, -0.1) is 0 Å². The zero-order valence-electron chi connectivity index (χ0n) is 9.50. The fourth-order valence-electron chi connectivity index (χ4n) is 1.67. The van der Waals surface area contributed by atoms with Crippen molar-refractivity contribution in [1.82, 2.24) is 10.2 Å². The Hall–Kier alpha value is -1.34. The molecule has 1 rings (SSSR count). The van der Waals surface area contributed by atoms with E-state index in [1.165, 1.54) is 4.90 Å². The van der Waals surface area contributed by atoms with Gasteiger partial charge in [-0.3, -0.25) is 0 Å². The Morgan fingerprint density at radius 2 is 2.00 bits per heavy atom. The molecule has 7 nitrogen and oxygen atoms in total. The highest BCUT2D eigenvalue weighted by atomic mass is 16.4. The molecule has 0 aromatic heterocycles. The topological polar surface area (TPSA) is 110 Å². The quantitative estimate of drug-likeness (QED) is 0.480. The van der Waals surface area contributed by atoms with Crippen molar-refractivity contribution in [3.05, 3.63) is 0 Å². The van der Waals surface area contributed by atoms with Crippen LogP contribution in [-0.2, 0) is 4.79 Å². The van der Waals surface area contributed by atoms with E-state index >= 15 is 0 Å². The van der Waals surface area contributed by atoms with Crippen LogP contribution in [0.1, 0.15) is 19.3 Å². The monoisotopic (exact) mass is 246 g/mol. The number of aliphatic carboxylic acids is 1. The summed E-state index contributed by atoms with van der Waals surface area (Å²) in [6.07, 6.45) is 2.76. The van der Waals surface area contributed by atoms with Crippen LogP contribution in [0.25, 0.3) is 0 Å². The maximum Gasteiger partial charge on any atom is 0.328 e. The molecule has 98 valence electrons. The molecule has 0 aromatic rings. The summed E-state index contributed by atoms with van der Waals surface area (Å²) in [6, 6.07) is -1.79. The van der Waals surface area contributed by atoms with E-state index in [0.717, 1.165) is 19.3 Å². The van der Waals surface area contributed by atoms with Crippen molar-refractivity contribution in [2.45, 2.75) is 31.3 Å². The van der Waals surface area contributed by atoms with Crippen LogP contribution in [0.4, 0.5) is 4.79 Å². The number of carboxylic acids is 1. The summed E-state index contributed by atoms with van der Waals surface area (Å²) in [6.45, 7) is -0.645. The third kappa shape index (κ3) is 3.57. The molecule has 0 aromatic carbocycles. The van der Waals surface area contributed by atoms with Crippen LogP contribution in [0.5, 0.6) is 0 Å². The van der Waals surface area contributed by atoms with Crippen molar-refractivity contribution in [3.8, 4) is 0 Å². The van der Waals surface area contributed by atoms with Crippen LogP contribution < -0.4 is 5.32 Å². The normalized spacial score (nSPS) is 17.1. The summed E-state index contributed by atoms with van der Waals surface area (Å²) in [7, 11) is 0. The van der Waals surface area contributed by atoms with Crippen LogP contribution in [0, 0.1) is 0 Å². The first-order valence-corrected chi connectivity index (χ1v) is 5.61. The number of amides is 2. The molecule has 0 spiro atoms. The molecular weight excluding hydrogens is 228 g/mol. The molecule has 1 saturated carbocycles. The number of carboxylic acid groups (broad SMARTS) is 1. The van der Waals surface area contributed by atoms with E-state index in [9.17, 15) is 9.59 Å². The molecule has 1 aliphatic carbocycles. The highest BCUT2D eigenvalue weighted by Crippen LogP contribution is 2.24. The molecule has 0 radical (unpaired) electrons. The highest BCUT2D eigenvalue weighted by Gasteiger charge is 2.30. The van der Waals surface area contributed by atoms with Crippen molar-refractivity contribution < 1.29 is 24.9 Å². The molecule has 4 N–H and O–H groups in total. The fraction of sp³-hybridized carbons (Fsp3) is 0.800. The second-order valence-electron chi connectivity index (χ2n) is 4.02. The molecular formula is C10H18N2O5. The Balaban J connectivity index is 2.54. The van der Waals surface area contributed by atoms with E-state index in [0.29, 0.717) is 0 Å². The SMILES string of the molecule is O=C(O)C(CO)NC(=O)N(CCO)C1CCC1. The second kappa shape index (κ2) is 6.41. The Labute approximate surface area is 99.0 Å². The first-order chi connectivity index (χ1) is 8.10. The molecule has 1 aliphatic rings. The lowest BCUT2D eigenvalue weighted by Gasteiger charge is -2.37. The van der Waals surface area contributed by atoms with Gasteiger partial charge < -0.3 is 25.5 Å². The minimum atomic E-state index is -1.30. The number of carbonyl (C=O) groups is 2. The Bertz CT molecular complexity index is 280. The van der Waals surface area contributed by atoms with Crippen LogP contribution >= 0.6 is 0 Å². The van der Waals surface area contributed by atoms with Crippen molar-refractivity contribution in [1.29, 1.82) is 0 Å². The minimum Gasteiger partial charge on any atom is -0.480 e. The Morgan fingerprint density at radius 3 is 2.35 bits per heavy atom. The number of carbonyl (C=O) groups excluding carboxylic acids is 1. The van der Waals surface area contributed by atoms with Crippen molar-refractivity contribution in [2.75, 3.05) is 19.8 Å². The Kier molecular flexibility index (Phi) is 5.17. The van der Waals surface area contributed by atoms with Gasteiger partial charge in [0.25, 0.3) is 0 Å². The first kappa shape index (κ1) is 13.7. The van der Waals surface area contributed by atoms with Crippen LogP contribution in [0.3, 0.4) is 0 Å². The maximum absolute atomic E-state index is 11.8. The summed E-state index contributed by atoms with van der Waals surface area (Å²) in [5.41, 5.74) is 0. The van der Waals surface area contributed by atoms with E-state index in [4.69, 9.17) is 15.3 Å². The van der Waals surface area contributed by atoms with E-state index in [2.05, 4.69) is 5.32 Å². The fourth-order valence-corrected chi connectivity index (χ4v) is 1.67. The largest absolute Gasteiger partial charge is 0.480 e. The lowest BCUT2D eigenvalue weighted by molar-refractivity contribution is -0.140. The predicted octanol–water partition coefficient (Wildman–Crippen LogP) is -1.01. The number of aliphatic hydroxyl groups is 2. The number of nitrogens with zero attached hydrogens (tertiary/aromatic N) is 1. The molecule has 0 heterocycles. The smallest absolute Gasteiger partial charge is 0.328 e. The van der Waals surface area contributed by atoms with Gasteiger partial charge in [0.1, 0.15) is 0 Å². The predicted molar refractivity (Wildman–Crippen MR) is 58.5 cm³/mol. The van der Waals surface area contributed by atoms with Gasteiger partial charge in [0.2, 0.25) is 0 Å². The van der Waals surface area contributed by atoms with Crippen LogP contribution in [0.2, 0.25) is 0 Å². The number of urea groups is 1. The molecule has 1 fully saturated rings. The van der Waals surface area contributed by atoms with Gasteiger partial charge in [-0.05, 0) is 19.3 Å². The number of hydrogen-bond acceptors (Lipinski definition) is 4. The number of aliphatic hydroxyl groups excluding tert-OH is 2. The molecule has 0 bridgehead atoms. The highest BCUT2D eigenvalue weighted by molar-refractivity contribution is 5.82. The van der Waals surface area contributed by atoms with Gasteiger partial charge >= 0.3 is 12.0 Å². The molecule has 0 saturated heterocycles. The van der Waals surface area contributed by atoms with E-state index in [1.807, 2.05) is 0 Å². The average Bonchev–Trinajstić information content (AvgIpc) is 2.22. The molecule has 7 heteroatoms. The lowest BCUT2D eigenvalue weighted by Crippen LogP contribution is -2.54. The van der Waals surface area contributed by atoms with Crippen molar-refractivity contribution >= 4 is 12.0 Å². The minimum absolute atomic E-state index is 0.0651. The first-order valence-electron chi connectivity index (χ1n) is 5.61. The number of rotatable bonds is 6. The van der Waals surface area contributed by atoms with E-state index < -0.39 is 24.6 Å². The molecule has 17 heavy (non-hydrogen) atoms. The average molecular weight is 246 g/mol. The molecule has 1 atom stereocenters. The zero-order chi connectivity index (χ0) is 12.8. The van der Waals surface area contributed by atoms with Gasteiger partial charge in [0.15, 0.2) is 6.04 Å². The summed E-state index contributed by atoms with van der Waals surface area (Å²) >= 11 is 0. The lowest BCUT2D eigenvalue weighted by atomic mass is 9.91. The van der Waals surface area contributed by atoms with Crippen molar-refractivity contribution in [3.63, 3.8) is 0 Å². The summed E-state index contributed by atoms with van der Waals surface area (Å²) in [4.78, 5) is 23.9. The summed E-state index contributed by atoms with van der Waals surface area (Å²) in [5.74, 6) is -1.28.